The van der Waals surface area contributed by atoms with Gasteiger partial charge >= 0.3 is 5.97 Å². The molecule has 0 aliphatic rings. The number of carbonyl (C=O) groups is 2. The number of hydrogen-bond acceptors (Lipinski definition) is 8. The first-order chi connectivity index (χ1) is 13.1. The van der Waals surface area contributed by atoms with Gasteiger partial charge in [-0.1, -0.05) is 0 Å². The van der Waals surface area contributed by atoms with Crippen LogP contribution in [0.15, 0.2) is 35.0 Å². The van der Waals surface area contributed by atoms with Crippen LogP contribution in [0.3, 0.4) is 0 Å². The number of methoxy groups -OCH3 is 3. The van der Waals surface area contributed by atoms with E-state index >= 15 is 0 Å². The molecule has 9 heteroatoms. The maximum atomic E-state index is 12.5. The summed E-state index contributed by atoms with van der Waals surface area (Å²) in [4.78, 5) is 28.9. The molecule has 0 bridgehead atoms. The highest BCUT2D eigenvalue weighted by atomic mass is 32.1. The van der Waals surface area contributed by atoms with Crippen molar-refractivity contribution in [3.8, 4) is 22.1 Å². The van der Waals surface area contributed by atoms with Crippen molar-refractivity contribution in [2.45, 2.75) is 0 Å². The van der Waals surface area contributed by atoms with Crippen LogP contribution >= 0.6 is 22.7 Å². The predicted octanol–water partition coefficient (Wildman–Crippen LogP) is 3.93. The van der Waals surface area contributed by atoms with Crippen LogP contribution in [0.5, 0.6) is 11.5 Å². The van der Waals surface area contributed by atoms with E-state index in [2.05, 4.69) is 10.3 Å². The van der Waals surface area contributed by atoms with E-state index in [9.17, 15) is 9.59 Å². The molecule has 3 aromatic rings. The summed E-state index contributed by atoms with van der Waals surface area (Å²) in [5.74, 6) is 0.298. The molecule has 1 amide bonds. The third-order valence-electron chi connectivity index (χ3n) is 3.65. The highest BCUT2D eigenvalue weighted by molar-refractivity contribution is 7.13. The lowest BCUT2D eigenvalue weighted by Crippen LogP contribution is -2.14. The topological polar surface area (TPSA) is 86.8 Å². The molecule has 1 N–H and O–H groups in total. The van der Waals surface area contributed by atoms with E-state index in [0.29, 0.717) is 27.1 Å². The number of anilines is 1. The Labute approximate surface area is 163 Å². The third kappa shape index (κ3) is 3.93. The standard InChI is InChI=1S/C18H16N2O5S2/c1-23-13-5-4-10(8-14(13)24-2)17-20-12(9-27-17)16(21)19-11-6-7-26-15(11)18(22)25-3/h4-9H,1-3H3,(H,19,21). The number of carbonyl (C=O) groups excluding carboxylic acids is 2. The van der Waals surface area contributed by atoms with Gasteiger partial charge in [0, 0.05) is 10.9 Å². The van der Waals surface area contributed by atoms with Crippen molar-refractivity contribution in [3.63, 3.8) is 0 Å². The fourth-order valence-corrected chi connectivity index (χ4v) is 3.89. The number of benzene rings is 1. The average molecular weight is 404 g/mol. The normalized spacial score (nSPS) is 10.3. The van der Waals surface area contributed by atoms with Crippen LogP contribution in [0.4, 0.5) is 5.69 Å². The molecule has 7 nitrogen and oxygen atoms in total. The van der Waals surface area contributed by atoms with E-state index < -0.39 is 11.9 Å². The lowest BCUT2D eigenvalue weighted by atomic mass is 10.2. The van der Waals surface area contributed by atoms with Crippen LogP contribution in [-0.2, 0) is 4.74 Å². The predicted molar refractivity (Wildman–Crippen MR) is 104 cm³/mol. The van der Waals surface area contributed by atoms with E-state index in [1.807, 2.05) is 6.07 Å². The van der Waals surface area contributed by atoms with Crippen molar-refractivity contribution >= 4 is 40.2 Å². The molecule has 0 fully saturated rings. The van der Waals surface area contributed by atoms with Gasteiger partial charge in [-0.3, -0.25) is 4.79 Å². The molecule has 0 saturated carbocycles. The summed E-state index contributed by atoms with van der Waals surface area (Å²) in [7, 11) is 4.42. The Morgan fingerprint density at radius 1 is 1.04 bits per heavy atom. The van der Waals surface area contributed by atoms with Gasteiger partial charge in [-0.15, -0.1) is 22.7 Å². The second kappa shape index (κ2) is 8.19. The molecule has 0 radical (unpaired) electrons. The maximum Gasteiger partial charge on any atom is 0.350 e. The van der Waals surface area contributed by atoms with E-state index in [1.54, 1.807) is 43.2 Å². The highest BCUT2D eigenvalue weighted by Gasteiger charge is 2.18. The van der Waals surface area contributed by atoms with E-state index in [1.165, 1.54) is 29.8 Å². The highest BCUT2D eigenvalue weighted by Crippen LogP contribution is 2.33. The third-order valence-corrected chi connectivity index (χ3v) is 5.44. The fraction of sp³-hybridized carbons (Fsp3) is 0.167. The molecule has 1 aromatic carbocycles. The number of nitrogens with one attached hydrogen (secondary N) is 1. The van der Waals surface area contributed by atoms with Gasteiger partial charge in [0.05, 0.1) is 27.0 Å². The van der Waals surface area contributed by atoms with Crippen molar-refractivity contribution < 1.29 is 23.8 Å². The number of thiazole rings is 1. The molecular formula is C18H16N2O5S2. The van der Waals surface area contributed by atoms with Gasteiger partial charge < -0.3 is 19.5 Å². The van der Waals surface area contributed by atoms with Gasteiger partial charge in [0.25, 0.3) is 5.91 Å². The number of hydrogen-bond donors (Lipinski definition) is 1. The summed E-state index contributed by atoms with van der Waals surface area (Å²) >= 11 is 2.53. The molecule has 0 unspecified atom stereocenters. The van der Waals surface area contributed by atoms with Crippen molar-refractivity contribution in [3.05, 3.63) is 45.6 Å². The Hall–Kier alpha value is -2.91. The van der Waals surface area contributed by atoms with Gasteiger partial charge in [0.15, 0.2) is 11.5 Å². The minimum Gasteiger partial charge on any atom is -0.493 e. The molecule has 0 atom stereocenters. The van der Waals surface area contributed by atoms with Crippen LogP contribution in [0.25, 0.3) is 10.6 Å². The number of aromatic nitrogens is 1. The van der Waals surface area contributed by atoms with Crippen LogP contribution in [0, 0.1) is 0 Å². The van der Waals surface area contributed by atoms with E-state index in [4.69, 9.17) is 14.2 Å². The molecule has 0 spiro atoms. The van der Waals surface area contributed by atoms with Crippen LogP contribution in [-0.4, -0.2) is 38.2 Å². The van der Waals surface area contributed by atoms with Gasteiger partial charge in [0.1, 0.15) is 15.6 Å². The first-order valence-corrected chi connectivity index (χ1v) is 9.48. The van der Waals surface area contributed by atoms with E-state index in [-0.39, 0.29) is 5.69 Å². The Kier molecular flexibility index (Phi) is 5.72. The Balaban J connectivity index is 1.81. The molecule has 27 heavy (non-hydrogen) atoms. The largest absolute Gasteiger partial charge is 0.493 e. The van der Waals surface area contributed by atoms with Crippen molar-refractivity contribution in [1.29, 1.82) is 0 Å². The number of nitrogens with zero attached hydrogens (tertiary/aromatic N) is 1. The number of esters is 1. The molecule has 3 rings (SSSR count). The molecule has 140 valence electrons. The van der Waals surface area contributed by atoms with Gasteiger partial charge in [-0.05, 0) is 29.6 Å². The first-order valence-electron chi connectivity index (χ1n) is 7.72. The molecular weight excluding hydrogens is 388 g/mol. The molecule has 0 aliphatic carbocycles. The Morgan fingerprint density at radius 3 is 2.52 bits per heavy atom. The van der Waals surface area contributed by atoms with Gasteiger partial charge in [-0.25, -0.2) is 9.78 Å². The maximum absolute atomic E-state index is 12.5. The monoisotopic (exact) mass is 404 g/mol. The zero-order chi connectivity index (χ0) is 19.4. The number of ether oxygens (including phenoxy) is 3. The molecule has 2 heterocycles. The second-order valence-electron chi connectivity index (χ2n) is 5.22. The lowest BCUT2D eigenvalue weighted by molar-refractivity contribution is 0.0607. The summed E-state index contributed by atoms with van der Waals surface area (Å²) in [6, 6.07) is 7.07. The summed E-state index contributed by atoms with van der Waals surface area (Å²) in [6.45, 7) is 0. The summed E-state index contributed by atoms with van der Waals surface area (Å²) in [5.41, 5.74) is 1.46. The number of amides is 1. The minimum absolute atomic E-state index is 0.256. The average Bonchev–Trinajstić information content (AvgIpc) is 3.36. The number of thiophene rings is 1. The summed E-state index contributed by atoms with van der Waals surface area (Å²) in [5, 5.41) is 6.73. The van der Waals surface area contributed by atoms with Crippen LogP contribution in [0.1, 0.15) is 20.2 Å². The second-order valence-corrected chi connectivity index (χ2v) is 6.99. The lowest BCUT2D eigenvalue weighted by Gasteiger charge is -2.08. The van der Waals surface area contributed by atoms with Gasteiger partial charge in [-0.2, -0.15) is 0 Å². The minimum atomic E-state index is -0.496. The quantitative estimate of drug-likeness (QED) is 0.627. The van der Waals surface area contributed by atoms with Crippen molar-refractivity contribution in [1.82, 2.24) is 4.98 Å². The molecule has 0 aliphatic heterocycles. The Bertz CT molecular complexity index is 980. The van der Waals surface area contributed by atoms with Crippen LogP contribution < -0.4 is 14.8 Å². The molecule has 0 saturated heterocycles. The first kappa shape index (κ1) is 18.9. The zero-order valence-corrected chi connectivity index (χ0v) is 16.4. The Morgan fingerprint density at radius 2 is 1.81 bits per heavy atom. The van der Waals surface area contributed by atoms with E-state index in [0.717, 1.165) is 5.56 Å². The fourth-order valence-electron chi connectivity index (χ4n) is 2.32. The van der Waals surface area contributed by atoms with Crippen molar-refractivity contribution in [2.24, 2.45) is 0 Å². The summed E-state index contributed by atoms with van der Waals surface area (Å²) < 4.78 is 15.2. The SMILES string of the molecule is COC(=O)c1sccc1NC(=O)c1csc(-c2ccc(OC)c(OC)c2)n1. The van der Waals surface area contributed by atoms with Crippen molar-refractivity contribution in [2.75, 3.05) is 26.6 Å². The smallest absolute Gasteiger partial charge is 0.350 e. The summed E-state index contributed by atoms with van der Waals surface area (Å²) in [6.07, 6.45) is 0. The number of rotatable bonds is 6. The van der Waals surface area contributed by atoms with Gasteiger partial charge in [0.2, 0.25) is 0 Å². The zero-order valence-electron chi connectivity index (χ0n) is 14.8. The molecule has 2 aromatic heterocycles. The van der Waals surface area contributed by atoms with Crippen LogP contribution in [0.2, 0.25) is 0 Å².